The summed E-state index contributed by atoms with van der Waals surface area (Å²) in [6.07, 6.45) is 0. The second kappa shape index (κ2) is 12.6. The van der Waals surface area contributed by atoms with Crippen LogP contribution in [0.1, 0.15) is 16.7 Å². The van der Waals surface area contributed by atoms with Crippen molar-refractivity contribution in [1.82, 2.24) is 0 Å². The van der Waals surface area contributed by atoms with E-state index in [0.29, 0.717) is 17.2 Å². The molecule has 0 aliphatic heterocycles. The second-order valence-corrected chi connectivity index (χ2v) is 5.51. The first-order valence-corrected chi connectivity index (χ1v) is 7.63. The summed E-state index contributed by atoms with van der Waals surface area (Å²) in [5, 5.41) is 26.3. The molecule has 0 aliphatic carbocycles. The van der Waals surface area contributed by atoms with E-state index < -0.39 is 0 Å². The van der Waals surface area contributed by atoms with Gasteiger partial charge in [-0.2, -0.15) is 0 Å². The molecule has 0 heterocycles. The maximum Gasteiger partial charge on any atom is 0.115 e. The van der Waals surface area contributed by atoms with E-state index in [4.69, 9.17) is 15.3 Å². The molecule has 0 atom stereocenters. The molecule has 0 unspecified atom stereocenters. The van der Waals surface area contributed by atoms with Crippen LogP contribution < -0.4 is 0 Å². The summed E-state index contributed by atoms with van der Waals surface area (Å²) < 4.78 is 0. The largest absolute Gasteiger partial charge is 0.508 e. The second-order valence-electron chi connectivity index (χ2n) is 5.51. The Hall–Kier alpha value is -1.68. The Morgan fingerprint density at radius 2 is 0.560 bits per heavy atom. The van der Waals surface area contributed by atoms with E-state index in [1.165, 1.54) is 16.7 Å². The number of hydrogen-bond acceptors (Lipinski definition) is 3. The Morgan fingerprint density at radius 3 is 0.680 bits per heavy atom. The van der Waals surface area contributed by atoms with Gasteiger partial charge in [0.05, 0.1) is 0 Å². The number of rotatable bonds is 0. The maximum absolute atomic E-state index is 8.76. The molecule has 2 radical (unpaired) electrons. The summed E-state index contributed by atoms with van der Waals surface area (Å²) >= 11 is 0. The van der Waals surface area contributed by atoms with Gasteiger partial charge in [0.15, 0.2) is 0 Å². The minimum atomic E-state index is 0. The topological polar surface area (TPSA) is 60.7 Å². The quantitative estimate of drug-likeness (QED) is 0.506. The molecular weight excluding hydrogens is 340 g/mol. The summed E-state index contributed by atoms with van der Waals surface area (Å²) in [5.74, 6) is 0.988. The van der Waals surface area contributed by atoms with E-state index in [9.17, 15) is 0 Å². The van der Waals surface area contributed by atoms with Gasteiger partial charge in [-0.05, 0) is 57.2 Å². The summed E-state index contributed by atoms with van der Waals surface area (Å²) in [7, 11) is 0. The number of benzene rings is 3. The van der Waals surface area contributed by atoms with Gasteiger partial charge in [-0.1, -0.05) is 53.1 Å². The Bertz CT molecular complexity index is 539. The van der Waals surface area contributed by atoms with Gasteiger partial charge in [-0.15, -0.1) is 0 Å². The molecule has 4 heteroatoms. The zero-order valence-electron chi connectivity index (χ0n) is 15.0. The van der Waals surface area contributed by atoms with Crippen LogP contribution in [0.25, 0.3) is 0 Å². The monoisotopic (exact) mass is 364 g/mol. The SMILES string of the molecule is Cc1ccc(O)cc1.Cc1ccc(O)cc1.Cc1ccc(O)cc1.[Ca]. The molecule has 3 nitrogen and oxygen atoms in total. The summed E-state index contributed by atoms with van der Waals surface area (Å²) in [6, 6.07) is 21.3. The molecule has 0 spiro atoms. The smallest absolute Gasteiger partial charge is 0.115 e. The van der Waals surface area contributed by atoms with Crippen LogP contribution in [0.15, 0.2) is 72.8 Å². The third-order valence-corrected chi connectivity index (χ3v) is 3.10. The number of phenols is 3. The van der Waals surface area contributed by atoms with Crippen LogP contribution in [0.4, 0.5) is 0 Å². The third kappa shape index (κ3) is 11.5. The van der Waals surface area contributed by atoms with Crippen LogP contribution in [0.5, 0.6) is 17.2 Å². The average Bonchev–Trinajstić information content (AvgIpc) is 2.57. The fraction of sp³-hybridized carbons (Fsp3) is 0.143. The molecule has 3 aromatic carbocycles. The first-order chi connectivity index (χ1) is 11.4. The predicted octanol–water partition coefficient (Wildman–Crippen LogP) is 4.72. The standard InChI is InChI=1S/3C7H8O.Ca/c3*1-6-2-4-7(8)5-3-6;/h3*2-5,8H,1H3;. The Labute approximate surface area is 179 Å². The van der Waals surface area contributed by atoms with Crippen molar-refractivity contribution in [2.75, 3.05) is 0 Å². The molecule has 0 fully saturated rings. The molecule has 128 valence electrons. The molecule has 0 saturated heterocycles. The summed E-state index contributed by atoms with van der Waals surface area (Å²) in [5.41, 5.74) is 3.51. The van der Waals surface area contributed by atoms with E-state index >= 15 is 0 Å². The number of aryl methyl sites for hydroxylation is 3. The van der Waals surface area contributed by atoms with Gasteiger partial charge in [0.1, 0.15) is 17.2 Å². The van der Waals surface area contributed by atoms with Crippen LogP contribution in [-0.2, 0) is 0 Å². The van der Waals surface area contributed by atoms with Crippen molar-refractivity contribution in [3.63, 3.8) is 0 Å². The van der Waals surface area contributed by atoms with Crippen molar-refractivity contribution < 1.29 is 15.3 Å². The van der Waals surface area contributed by atoms with Gasteiger partial charge in [-0.3, -0.25) is 0 Å². The Balaban J connectivity index is 0.000000339. The number of hydrogen-bond donors (Lipinski definition) is 3. The van der Waals surface area contributed by atoms with Crippen molar-refractivity contribution in [1.29, 1.82) is 0 Å². The third-order valence-electron chi connectivity index (χ3n) is 3.10. The van der Waals surface area contributed by atoms with E-state index in [1.54, 1.807) is 36.4 Å². The van der Waals surface area contributed by atoms with Crippen molar-refractivity contribution in [3.8, 4) is 17.2 Å². The van der Waals surface area contributed by atoms with Crippen molar-refractivity contribution in [3.05, 3.63) is 89.5 Å². The van der Waals surface area contributed by atoms with Crippen LogP contribution in [0, 0.1) is 20.8 Å². The fourth-order valence-electron chi connectivity index (χ4n) is 1.63. The van der Waals surface area contributed by atoms with Gasteiger partial charge < -0.3 is 15.3 Å². The molecule has 0 amide bonds. The Kier molecular flexibility index (Phi) is 11.8. The summed E-state index contributed by atoms with van der Waals surface area (Å²) in [4.78, 5) is 0. The molecule has 3 N–H and O–H groups in total. The zero-order valence-corrected chi connectivity index (χ0v) is 17.2. The molecule has 3 rings (SSSR count). The maximum atomic E-state index is 8.76. The minimum absolute atomic E-state index is 0. The molecule has 3 aromatic rings. The first kappa shape index (κ1) is 23.3. The van der Waals surface area contributed by atoms with E-state index in [1.807, 2.05) is 57.2 Å². The van der Waals surface area contributed by atoms with Gasteiger partial charge in [0.25, 0.3) is 0 Å². The van der Waals surface area contributed by atoms with Gasteiger partial charge in [-0.25, -0.2) is 0 Å². The van der Waals surface area contributed by atoms with Crippen molar-refractivity contribution in [2.45, 2.75) is 20.8 Å². The zero-order chi connectivity index (χ0) is 17.9. The minimum Gasteiger partial charge on any atom is -0.508 e. The fourth-order valence-corrected chi connectivity index (χ4v) is 1.63. The molecule has 25 heavy (non-hydrogen) atoms. The Morgan fingerprint density at radius 1 is 0.400 bits per heavy atom. The predicted molar refractivity (Wildman–Crippen MR) is 104 cm³/mol. The van der Waals surface area contributed by atoms with Crippen LogP contribution >= 0.6 is 0 Å². The van der Waals surface area contributed by atoms with Gasteiger partial charge in [0, 0.05) is 37.7 Å². The van der Waals surface area contributed by atoms with Crippen molar-refractivity contribution in [2.24, 2.45) is 0 Å². The molecule has 0 saturated carbocycles. The molecule has 0 bridgehead atoms. The average molecular weight is 364 g/mol. The van der Waals surface area contributed by atoms with Gasteiger partial charge >= 0.3 is 0 Å². The van der Waals surface area contributed by atoms with E-state index in [2.05, 4.69) is 0 Å². The first-order valence-electron chi connectivity index (χ1n) is 7.63. The summed E-state index contributed by atoms with van der Waals surface area (Å²) in [6.45, 7) is 5.96. The van der Waals surface area contributed by atoms with E-state index in [0.717, 1.165) is 0 Å². The molecular formula is C21H24CaO3. The van der Waals surface area contributed by atoms with Crippen LogP contribution in [-0.4, -0.2) is 53.1 Å². The normalized spacial score (nSPS) is 8.76. The van der Waals surface area contributed by atoms with Crippen molar-refractivity contribution >= 4 is 37.7 Å². The molecule has 0 aromatic heterocycles. The van der Waals surface area contributed by atoms with Crippen LogP contribution in [0.3, 0.4) is 0 Å². The molecule has 0 aliphatic rings. The van der Waals surface area contributed by atoms with Crippen LogP contribution in [0.2, 0.25) is 0 Å². The van der Waals surface area contributed by atoms with E-state index in [-0.39, 0.29) is 37.7 Å². The number of aromatic hydroxyl groups is 3. The van der Waals surface area contributed by atoms with Gasteiger partial charge in [0.2, 0.25) is 0 Å². The number of phenolic OH excluding ortho intramolecular Hbond substituents is 3.